The van der Waals surface area contributed by atoms with Crippen molar-refractivity contribution in [2.75, 3.05) is 32.8 Å². The Kier molecular flexibility index (Phi) is 4.74. The summed E-state index contributed by atoms with van der Waals surface area (Å²) in [6.07, 6.45) is 0.274. The van der Waals surface area contributed by atoms with E-state index in [1.165, 1.54) is 0 Å². The topological polar surface area (TPSA) is 50.5 Å². The van der Waals surface area contributed by atoms with Gasteiger partial charge in [0.1, 0.15) is 5.76 Å². The number of rotatable bonds is 5. The van der Waals surface area contributed by atoms with Crippen molar-refractivity contribution in [3.63, 3.8) is 0 Å². The lowest BCUT2D eigenvalue weighted by molar-refractivity contribution is -0.0255. The Bertz CT molecular complexity index is 359. The van der Waals surface area contributed by atoms with Gasteiger partial charge in [-0.2, -0.15) is 0 Å². The average Bonchev–Trinajstić information content (AvgIpc) is 2.69. The van der Waals surface area contributed by atoms with Crippen LogP contribution in [0.15, 0.2) is 4.42 Å². The average molecular weight is 253 g/mol. The molecule has 0 saturated carbocycles. The largest absolute Gasteiger partial charge is 0.444 e. The molecular weight excluding hydrogens is 230 g/mol. The van der Waals surface area contributed by atoms with E-state index in [-0.39, 0.29) is 6.10 Å². The van der Waals surface area contributed by atoms with Gasteiger partial charge in [-0.3, -0.25) is 4.90 Å². The fourth-order valence-corrected chi connectivity index (χ4v) is 2.15. The fourth-order valence-electron chi connectivity index (χ4n) is 2.15. The highest BCUT2D eigenvalue weighted by atomic mass is 16.5. The molecule has 0 bridgehead atoms. The van der Waals surface area contributed by atoms with E-state index in [1.54, 1.807) is 0 Å². The van der Waals surface area contributed by atoms with Gasteiger partial charge < -0.3 is 14.5 Å². The second kappa shape index (κ2) is 6.31. The fraction of sp³-hybridized carbons (Fsp3) is 0.769. The van der Waals surface area contributed by atoms with Crippen molar-refractivity contribution < 1.29 is 9.15 Å². The SMILES string of the molecule is CCN1CCOC(CNCc2nc(C)c(C)o2)C1. The maximum atomic E-state index is 5.72. The van der Waals surface area contributed by atoms with E-state index in [0.717, 1.165) is 50.1 Å². The van der Waals surface area contributed by atoms with Gasteiger partial charge in [-0.05, 0) is 20.4 Å². The van der Waals surface area contributed by atoms with Crippen LogP contribution in [0.1, 0.15) is 24.3 Å². The smallest absolute Gasteiger partial charge is 0.208 e. The van der Waals surface area contributed by atoms with Crippen molar-refractivity contribution in [3.8, 4) is 0 Å². The predicted molar refractivity (Wildman–Crippen MR) is 69.5 cm³/mol. The molecule has 0 aliphatic carbocycles. The molecule has 1 saturated heterocycles. The van der Waals surface area contributed by atoms with Crippen molar-refractivity contribution in [1.82, 2.24) is 15.2 Å². The summed E-state index contributed by atoms with van der Waals surface area (Å²) >= 11 is 0. The van der Waals surface area contributed by atoms with Gasteiger partial charge in [0.2, 0.25) is 5.89 Å². The number of aryl methyl sites for hydroxylation is 2. The molecule has 5 nitrogen and oxygen atoms in total. The zero-order chi connectivity index (χ0) is 13.0. The molecule has 1 unspecified atom stereocenters. The normalized spacial score (nSPS) is 21.4. The van der Waals surface area contributed by atoms with Crippen LogP contribution in [0.25, 0.3) is 0 Å². The summed E-state index contributed by atoms with van der Waals surface area (Å²) in [5.41, 5.74) is 0.970. The molecule has 0 spiro atoms. The molecule has 1 aliphatic rings. The second-order valence-electron chi connectivity index (χ2n) is 4.77. The number of hydrogen-bond acceptors (Lipinski definition) is 5. The van der Waals surface area contributed by atoms with Gasteiger partial charge in [0.05, 0.1) is 24.9 Å². The van der Waals surface area contributed by atoms with E-state index < -0.39 is 0 Å². The third-order valence-corrected chi connectivity index (χ3v) is 3.39. The van der Waals surface area contributed by atoms with Gasteiger partial charge in [-0.15, -0.1) is 0 Å². The predicted octanol–water partition coefficient (Wildman–Crippen LogP) is 1.10. The molecule has 0 amide bonds. The third-order valence-electron chi connectivity index (χ3n) is 3.39. The molecule has 2 rings (SSSR count). The number of nitrogens with one attached hydrogen (secondary N) is 1. The molecule has 102 valence electrons. The van der Waals surface area contributed by atoms with Crippen LogP contribution in [0.5, 0.6) is 0 Å². The molecule has 1 fully saturated rings. The minimum Gasteiger partial charge on any atom is -0.444 e. The van der Waals surface area contributed by atoms with E-state index in [9.17, 15) is 0 Å². The van der Waals surface area contributed by atoms with Crippen LogP contribution in [0.3, 0.4) is 0 Å². The maximum absolute atomic E-state index is 5.72. The van der Waals surface area contributed by atoms with E-state index in [0.29, 0.717) is 6.54 Å². The van der Waals surface area contributed by atoms with Crippen molar-refractivity contribution in [1.29, 1.82) is 0 Å². The molecule has 1 aromatic heterocycles. The lowest BCUT2D eigenvalue weighted by Crippen LogP contribution is -2.46. The molecule has 1 aromatic rings. The number of ether oxygens (including phenoxy) is 1. The number of hydrogen-bond donors (Lipinski definition) is 1. The first-order chi connectivity index (χ1) is 8.69. The van der Waals surface area contributed by atoms with Gasteiger partial charge >= 0.3 is 0 Å². The molecular formula is C13H23N3O2. The number of oxazole rings is 1. The van der Waals surface area contributed by atoms with Crippen LogP contribution < -0.4 is 5.32 Å². The standard InChI is InChI=1S/C13H23N3O2/c1-4-16-5-6-17-12(9-16)7-14-8-13-15-10(2)11(3)18-13/h12,14H,4-9H2,1-3H3. The van der Waals surface area contributed by atoms with Gasteiger partial charge in [0, 0.05) is 19.6 Å². The van der Waals surface area contributed by atoms with Crippen LogP contribution in [0.2, 0.25) is 0 Å². The minimum atomic E-state index is 0.274. The molecule has 2 heterocycles. The summed E-state index contributed by atoms with van der Waals surface area (Å²) in [7, 11) is 0. The Morgan fingerprint density at radius 1 is 1.44 bits per heavy atom. The minimum absolute atomic E-state index is 0.274. The summed E-state index contributed by atoms with van der Waals surface area (Å²) in [6, 6.07) is 0. The van der Waals surface area contributed by atoms with Gasteiger partial charge in [0.25, 0.3) is 0 Å². The molecule has 0 radical (unpaired) electrons. The van der Waals surface area contributed by atoms with Crippen molar-refractivity contribution in [3.05, 3.63) is 17.3 Å². The molecule has 1 aliphatic heterocycles. The zero-order valence-electron chi connectivity index (χ0n) is 11.5. The van der Waals surface area contributed by atoms with E-state index >= 15 is 0 Å². The van der Waals surface area contributed by atoms with Gasteiger partial charge in [-0.25, -0.2) is 4.98 Å². The molecule has 1 N–H and O–H groups in total. The molecule has 1 atom stereocenters. The van der Waals surface area contributed by atoms with Crippen LogP contribution in [0.4, 0.5) is 0 Å². The van der Waals surface area contributed by atoms with Crippen LogP contribution in [-0.2, 0) is 11.3 Å². The summed E-state index contributed by atoms with van der Waals surface area (Å²) in [5, 5.41) is 3.35. The Morgan fingerprint density at radius 3 is 2.94 bits per heavy atom. The van der Waals surface area contributed by atoms with Gasteiger partial charge in [0.15, 0.2) is 0 Å². The van der Waals surface area contributed by atoms with E-state index in [1.807, 2.05) is 13.8 Å². The first-order valence-corrected chi connectivity index (χ1v) is 6.66. The highest BCUT2D eigenvalue weighted by Gasteiger charge is 2.18. The van der Waals surface area contributed by atoms with Crippen molar-refractivity contribution in [2.24, 2.45) is 0 Å². The maximum Gasteiger partial charge on any atom is 0.208 e. The van der Waals surface area contributed by atoms with Crippen LogP contribution in [0, 0.1) is 13.8 Å². The highest BCUT2D eigenvalue weighted by Crippen LogP contribution is 2.08. The van der Waals surface area contributed by atoms with Crippen molar-refractivity contribution >= 4 is 0 Å². The lowest BCUT2D eigenvalue weighted by Gasteiger charge is -2.32. The zero-order valence-corrected chi connectivity index (χ0v) is 11.5. The highest BCUT2D eigenvalue weighted by molar-refractivity contribution is 5.05. The van der Waals surface area contributed by atoms with Crippen molar-refractivity contribution in [2.45, 2.75) is 33.4 Å². The summed E-state index contributed by atoms with van der Waals surface area (Å²) in [6.45, 7) is 11.6. The quantitative estimate of drug-likeness (QED) is 0.851. The Morgan fingerprint density at radius 2 is 2.28 bits per heavy atom. The first kappa shape index (κ1) is 13.5. The monoisotopic (exact) mass is 253 g/mol. The Hall–Kier alpha value is -0.910. The first-order valence-electron chi connectivity index (χ1n) is 6.66. The van der Waals surface area contributed by atoms with E-state index in [4.69, 9.17) is 9.15 Å². The van der Waals surface area contributed by atoms with E-state index in [2.05, 4.69) is 22.1 Å². The molecule has 18 heavy (non-hydrogen) atoms. The summed E-state index contributed by atoms with van der Waals surface area (Å²) in [4.78, 5) is 6.76. The Balaban J connectivity index is 1.71. The number of aromatic nitrogens is 1. The van der Waals surface area contributed by atoms with Crippen LogP contribution >= 0.6 is 0 Å². The number of likely N-dealkylation sites (N-methyl/N-ethyl adjacent to an activating group) is 1. The number of nitrogens with zero attached hydrogens (tertiary/aromatic N) is 2. The lowest BCUT2D eigenvalue weighted by atomic mass is 10.2. The van der Waals surface area contributed by atoms with Gasteiger partial charge in [-0.1, -0.05) is 6.92 Å². The summed E-state index contributed by atoms with van der Waals surface area (Å²) < 4.78 is 11.2. The molecule has 0 aromatic carbocycles. The number of morpholine rings is 1. The third kappa shape index (κ3) is 3.54. The summed E-state index contributed by atoms with van der Waals surface area (Å²) in [5.74, 6) is 1.66. The molecule has 5 heteroatoms. The van der Waals surface area contributed by atoms with Crippen LogP contribution in [-0.4, -0.2) is 48.8 Å². The Labute approximate surface area is 109 Å². The second-order valence-corrected chi connectivity index (χ2v) is 4.77.